The van der Waals surface area contributed by atoms with E-state index in [0.29, 0.717) is 31.8 Å². The van der Waals surface area contributed by atoms with Crippen LogP contribution in [0.15, 0.2) is 42.5 Å². The van der Waals surface area contributed by atoms with Crippen LogP contribution in [0, 0.1) is 5.82 Å². The predicted molar refractivity (Wildman–Crippen MR) is 108 cm³/mol. The maximum Gasteiger partial charge on any atom is 0.227 e. The Morgan fingerprint density at radius 2 is 1.83 bits per heavy atom. The highest BCUT2D eigenvalue weighted by Gasteiger charge is 2.24. The molecule has 1 aliphatic heterocycles. The van der Waals surface area contributed by atoms with Gasteiger partial charge in [0.25, 0.3) is 0 Å². The summed E-state index contributed by atoms with van der Waals surface area (Å²) in [5.74, 6) is 0.406. The van der Waals surface area contributed by atoms with Crippen molar-refractivity contribution in [2.24, 2.45) is 0 Å². The molecule has 2 aromatic rings. The molecule has 0 bridgehead atoms. The van der Waals surface area contributed by atoms with E-state index in [2.05, 4.69) is 5.32 Å². The van der Waals surface area contributed by atoms with Crippen LogP contribution in [-0.2, 0) is 22.6 Å². The molecule has 1 fully saturated rings. The third-order valence-electron chi connectivity index (χ3n) is 5.14. The van der Waals surface area contributed by atoms with E-state index in [1.165, 1.54) is 24.0 Å². The van der Waals surface area contributed by atoms with Gasteiger partial charge in [0.2, 0.25) is 11.8 Å². The van der Waals surface area contributed by atoms with Crippen molar-refractivity contribution in [2.45, 2.75) is 19.9 Å². The minimum atomic E-state index is -0.265. The van der Waals surface area contributed by atoms with Crippen LogP contribution in [0.2, 0.25) is 0 Å². The van der Waals surface area contributed by atoms with Gasteiger partial charge in [-0.3, -0.25) is 9.59 Å². The smallest absolute Gasteiger partial charge is 0.227 e. The SMILES string of the molecule is COc1ccc(F)cc1C[NH+]1CCN(C(=O)Cc2ccc(NC(C)=O)cc2)CC1. The first kappa shape index (κ1) is 20.8. The molecule has 6 nitrogen and oxygen atoms in total. The molecule has 0 radical (unpaired) electrons. The first-order chi connectivity index (χ1) is 13.9. The number of methoxy groups -OCH3 is 1. The van der Waals surface area contributed by atoms with Gasteiger partial charge in [0.05, 0.1) is 45.3 Å². The second-order valence-electron chi connectivity index (χ2n) is 7.32. The highest BCUT2D eigenvalue weighted by molar-refractivity contribution is 5.88. The Kier molecular flexibility index (Phi) is 6.82. The standard InChI is InChI=1S/C22H26FN3O3/c1-16(27)24-20-6-3-17(4-7-20)13-22(28)26-11-9-25(10-12-26)15-18-14-19(23)5-8-21(18)29-2/h3-8,14H,9-13,15H2,1-2H3,(H,24,27)/p+1. The number of piperazine rings is 1. The molecule has 0 aliphatic carbocycles. The Bertz CT molecular complexity index is 862. The number of hydrogen-bond donors (Lipinski definition) is 2. The zero-order valence-electron chi connectivity index (χ0n) is 16.8. The number of carbonyl (C=O) groups is 2. The fourth-order valence-corrected chi connectivity index (χ4v) is 3.60. The van der Waals surface area contributed by atoms with E-state index >= 15 is 0 Å². The average Bonchev–Trinajstić information content (AvgIpc) is 2.70. The van der Waals surface area contributed by atoms with Gasteiger partial charge in [0.15, 0.2) is 0 Å². The zero-order valence-corrected chi connectivity index (χ0v) is 16.8. The van der Waals surface area contributed by atoms with E-state index in [4.69, 9.17) is 4.74 Å². The Balaban J connectivity index is 1.50. The fourth-order valence-electron chi connectivity index (χ4n) is 3.60. The van der Waals surface area contributed by atoms with E-state index in [-0.39, 0.29) is 17.6 Å². The second-order valence-corrected chi connectivity index (χ2v) is 7.32. The first-order valence-corrected chi connectivity index (χ1v) is 9.75. The van der Waals surface area contributed by atoms with Gasteiger partial charge in [0, 0.05) is 12.6 Å². The third kappa shape index (κ3) is 5.77. The number of anilines is 1. The summed E-state index contributed by atoms with van der Waals surface area (Å²) in [5.41, 5.74) is 2.49. The van der Waals surface area contributed by atoms with Crippen molar-refractivity contribution < 1.29 is 23.6 Å². The van der Waals surface area contributed by atoms with Crippen molar-refractivity contribution >= 4 is 17.5 Å². The number of carbonyl (C=O) groups excluding carboxylic acids is 2. The molecule has 154 valence electrons. The quantitative estimate of drug-likeness (QED) is 0.768. The maximum absolute atomic E-state index is 13.6. The van der Waals surface area contributed by atoms with Crippen LogP contribution in [0.4, 0.5) is 10.1 Å². The van der Waals surface area contributed by atoms with Crippen molar-refractivity contribution in [3.8, 4) is 5.75 Å². The van der Waals surface area contributed by atoms with E-state index < -0.39 is 0 Å². The summed E-state index contributed by atoms with van der Waals surface area (Å²) in [6.07, 6.45) is 0.341. The number of benzene rings is 2. The molecule has 2 aromatic carbocycles. The molecule has 29 heavy (non-hydrogen) atoms. The molecule has 0 spiro atoms. The van der Waals surface area contributed by atoms with E-state index in [9.17, 15) is 14.0 Å². The number of quaternary nitrogens is 1. The van der Waals surface area contributed by atoms with Crippen LogP contribution in [0.3, 0.4) is 0 Å². The Morgan fingerprint density at radius 3 is 2.45 bits per heavy atom. The van der Waals surface area contributed by atoms with Crippen LogP contribution in [-0.4, -0.2) is 50.0 Å². The summed E-state index contributed by atoms with van der Waals surface area (Å²) in [5, 5.41) is 2.72. The topological polar surface area (TPSA) is 63.1 Å². The molecule has 0 unspecified atom stereocenters. The van der Waals surface area contributed by atoms with Gasteiger partial charge < -0.3 is 19.9 Å². The molecule has 1 saturated heterocycles. The number of nitrogens with one attached hydrogen (secondary N) is 2. The van der Waals surface area contributed by atoms with Crippen molar-refractivity contribution in [3.63, 3.8) is 0 Å². The van der Waals surface area contributed by atoms with Crippen LogP contribution < -0.4 is 15.0 Å². The highest BCUT2D eigenvalue weighted by Crippen LogP contribution is 2.18. The lowest BCUT2D eigenvalue weighted by Gasteiger charge is -2.32. The lowest BCUT2D eigenvalue weighted by molar-refractivity contribution is -0.917. The summed E-state index contributed by atoms with van der Waals surface area (Å²) < 4.78 is 18.9. The lowest BCUT2D eigenvalue weighted by atomic mass is 10.1. The summed E-state index contributed by atoms with van der Waals surface area (Å²) in [6, 6.07) is 11.9. The van der Waals surface area contributed by atoms with Crippen LogP contribution >= 0.6 is 0 Å². The Labute approximate surface area is 170 Å². The van der Waals surface area contributed by atoms with Gasteiger partial charge in [0.1, 0.15) is 18.1 Å². The van der Waals surface area contributed by atoms with Gasteiger partial charge in [-0.1, -0.05) is 12.1 Å². The maximum atomic E-state index is 13.6. The van der Waals surface area contributed by atoms with Crippen molar-refractivity contribution in [2.75, 3.05) is 38.6 Å². The summed E-state index contributed by atoms with van der Waals surface area (Å²) >= 11 is 0. The van der Waals surface area contributed by atoms with Gasteiger partial charge in [-0.2, -0.15) is 0 Å². The van der Waals surface area contributed by atoms with Gasteiger partial charge in [-0.25, -0.2) is 4.39 Å². The number of ether oxygens (including phenoxy) is 1. The van der Waals surface area contributed by atoms with Crippen molar-refractivity contribution in [3.05, 3.63) is 59.4 Å². The molecule has 7 heteroatoms. The van der Waals surface area contributed by atoms with Gasteiger partial charge in [-0.15, -0.1) is 0 Å². The molecule has 0 saturated carbocycles. The molecule has 2 amide bonds. The largest absolute Gasteiger partial charge is 0.496 e. The Hall–Kier alpha value is -2.93. The Morgan fingerprint density at radius 1 is 1.14 bits per heavy atom. The predicted octanol–water partition coefficient (Wildman–Crippen LogP) is 1.26. The fraction of sp³-hybridized carbons (Fsp3) is 0.364. The summed E-state index contributed by atoms with van der Waals surface area (Å²) in [6.45, 7) is 5.11. The van der Waals surface area contributed by atoms with E-state index in [1.807, 2.05) is 17.0 Å². The molecular formula is C22H27FN3O3+. The van der Waals surface area contributed by atoms with Gasteiger partial charge >= 0.3 is 0 Å². The molecule has 1 heterocycles. The lowest BCUT2D eigenvalue weighted by Crippen LogP contribution is -3.13. The van der Waals surface area contributed by atoms with Gasteiger partial charge in [-0.05, 0) is 35.9 Å². The van der Waals surface area contributed by atoms with E-state index in [0.717, 1.165) is 29.9 Å². The summed E-state index contributed by atoms with van der Waals surface area (Å²) in [4.78, 5) is 26.9. The molecule has 3 rings (SSSR count). The molecule has 0 atom stereocenters. The minimum Gasteiger partial charge on any atom is -0.496 e. The number of amides is 2. The molecular weight excluding hydrogens is 373 g/mol. The highest BCUT2D eigenvalue weighted by atomic mass is 19.1. The monoisotopic (exact) mass is 400 g/mol. The van der Waals surface area contributed by atoms with Crippen molar-refractivity contribution in [1.29, 1.82) is 0 Å². The van der Waals surface area contributed by atoms with Crippen molar-refractivity contribution in [1.82, 2.24) is 4.90 Å². The normalized spacial score (nSPS) is 14.5. The van der Waals surface area contributed by atoms with Crippen LogP contribution in [0.1, 0.15) is 18.1 Å². The number of nitrogens with zero attached hydrogens (tertiary/aromatic N) is 1. The third-order valence-corrected chi connectivity index (χ3v) is 5.14. The number of halogens is 1. The van der Waals surface area contributed by atoms with Crippen LogP contribution in [0.5, 0.6) is 5.75 Å². The molecule has 0 aromatic heterocycles. The average molecular weight is 400 g/mol. The first-order valence-electron chi connectivity index (χ1n) is 9.75. The minimum absolute atomic E-state index is 0.0969. The second kappa shape index (κ2) is 9.52. The summed E-state index contributed by atoms with van der Waals surface area (Å²) in [7, 11) is 1.59. The molecule has 2 N–H and O–H groups in total. The zero-order chi connectivity index (χ0) is 20.8. The number of hydrogen-bond acceptors (Lipinski definition) is 3. The number of rotatable bonds is 6. The van der Waals surface area contributed by atoms with Crippen LogP contribution in [0.25, 0.3) is 0 Å². The molecule has 1 aliphatic rings. The van der Waals surface area contributed by atoms with E-state index in [1.54, 1.807) is 25.3 Å².